The van der Waals surface area contributed by atoms with Crippen molar-refractivity contribution >= 4 is 10.9 Å². The topological polar surface area (TPSA) is 15.8 Å². The lowest BCUT2D eigenvalue weighted by molar-refractivity contribution is 0.594. The van der Waals surface area contributed by atoms with Crippen LogP contribution in [0, 0.1) is 5.82 Å². The highest BCUT2D eigenvalue weighted by atomic mass is 19.1. The van der Waals surface area contributed by atoms with Gasteiger partial charge in [-0.3, -0.25) is 0 Å². The average Bonchev–Trinajstić information content (AvgIpc) is 2.45. The number of aromatic amines is 1. The highest BCUT2D eigenvalue weighted by molar-refractivity contribution is 5.84. The van der Waals surface area contributed by atoms with Crippen LogP contribution in [0.2, 0.25) is 0 Å². The molecule has 2 heteroatoms. The van der Waals surface area contributed by atoms with Crippen molar-refractivity contribution in [3.8, 4) is 0 Å². The zero-order valence-corrected chi connectivity index (χ0v) is 8.69. The van der Waals surface area contributed by atoms with Crippen LogP contribution in [-0.2, 0) is 5.41 Å². The van der Waals surface area contributed by atoms with Crippen LogP contribution in [-0.4, -0.2) is 4.98 Å². The molecule has 0 amide bonds. The van der Waals surface area contributed by atoms with Crippen LogP contribution in [0.25, 0.3) is 10.9 Å². The van der Waals surface area contributed by atoms with Crippen LogP contribution < -0.4 is 0 Å². The molecule has 0 fully saturated rings. The second-order valence-corrected chi connectivity index (χ2v) is 4.64. The molecule has 0 saturated carbocycles. The third kappa shape index (κ3) is 1.41. The number of aromatic nitrogens is 1. The maximum Gasteiger partial charge on any atom is 0.123 e. The first-order chi connectivity index (χ1) is 6.48. The number of halogens is 1. The van der Waals surface area contributed by atoms with E-state index in [1.807, 2.05) is 6.20 Å². The first-order valence-electron chi connectivity index (χ1n) is 4.75. The van der Waals surface area contributed by atoms with Crippen molar-refractivity contribution in [1.82, 2.24) is 4.98 Å². The summed E-state index contributed by atoms with van der Waals surface area (Å²) in [5, 5.41) is 0.984. The minimum Gasteiger partial charge on any atom is -0.361 e. The molecule has 1 aromatic heterocycles. The summed E-state index contributed by atoms with van der Waals surface area (Å²) in [6.45, 7) is 6.38. The van der Waals surface area contributed by atoms with Crippen molar-refractivity contribution in [3.63, 3.8) is 0 Å². The molecule has 0 bridgehead atoms. The van der Waals surface area contributed by atoms with Crippen molar-refractivity contribution in [1.29, 1.82) is 0 Å². The maximum atomic E-state index is 13.1. The zero-order chi connectivity index (χ0) is 10.3. The van der Waals surface area contributed by atoms with Crippen molar-refractivity contribution in [3.05, 3.63) is 35.8 Å². The fraction of sp³-hybridized carbons (Fsp3) is 0.333. The summed E-state index contributed by atoms with van der Waals surface area (Å²) in [5.41, 5.74) is 2.20. The third-order valence-electron chi connectivity index (χ3n) is 2.45. The molecule has 0 saturated heterocycles. The van der Waals surface area contributed by atoms with E-state index in [9.17, 15) is 4.39 Å². The first kappa shape index (κ1) is 9.25. The van der Waals surface area contributed by atoms with Crippen LogP contribution in [0.1, 0.15) is 26.3 Å². The van der Waals surface area contributed by atoms with Gasteiger partial charge in [-0.15, -0.1) is 0 Å². The van der Waals surface area contributed by atoms with Gasteiger partial charge in [-0.2, -0.15) is 0 Å². The lowest BCUT2D eigenvalue weighted by Crippen LogP contribution is -2.09. The summed E-state index contributed by atoms with van der Waals surface area (Å²) in [6, 6.07) is 4.84. The van der Waals surface area contributed by atoms with Gasteiger partial charge in [0.1, 0.15) is 5.82 Å². The van der Waals surface area contributed by atoms with E-state index in [0.29, 0.717) is 0 Å². The van der Waals surface area contributed by atoms with E-state index in [4.69, 9.17) is 0 Å². The number of hydrogen-bond acceptors (Lipinski definition) is 0. The fourth-order valence-electron chi connectivity index (χ4n) is 1.71. The molecule has 1 N–H and O–H groups in total. The Hall–Kier alpha value is -1.31. The Morgan fingerprint density at radius 1 is 1.21 bits per heavy atom. The largest absolute Gasteiger partial charge is 0.361 e. The van der Waals surface area contributed by atoms with Gasteiger partial charge in [-0.05, 0) is 29.2 Å². The molecule has 2 rings (SSSR count). The molecule has 0 radical (unpaired) electrons. The number of hydrogen-bond donors (Lipinski definition) is 1. The van der Waals surface area contributed by atoms with Crippen LogP contribution in [0.5, 0.6) is 0 Å². The molecule has 0 unspecified atom stereocenters. The number of benzene rings is 1. The van der Waals surface area contributed by atoms with Crippen LogP contribution in [0.4, 0.5) is 4.39 Å². The molecule has 0 spiro atoms. The zero-order valence-electron chi connectivity index (χ0n) is 8.69. The van der Waals surface area contributed by atoms with Gasteiger partial charge in [0, 0.05) is 17.1 Å². The van der Waals surface area contributed by atoms with Gasteiger partial charge in [0.15, 0.2) is 0 Å². The van der Waals surface area contributed by atoms with Gasteiger partial charge >= 0.3 is 0 Å². The number of nitrogens with one attached hydrogen (secondary N) is 1. The summed E-state index contributed by atoms with van der Waals surface area (Å²) in [5.74, 6) is -0.178. The van der Waals surface area contributed by atoms with Gasteiger partial charge in [-0.25, -0.2) is 4.39 Å². The van der Waals surface area contributed by atoms with E-state index >= 15 is 0 Å². The molecule has 1 nitrogen and oxygen atoms in total. The van der Waals surface area contributed by atoms with Crippen molar-refractivity contribution in [2.75, 3.05) is 0 Å². The molecule has 1 heterocycles. The van der Waals surface area contributed by atoms with E-state index < -0.39 is 0 Å². The van der Waals surface area contributed by atoms with Gasteiger partial charge in [-0.1, -0.05) is 20.8 Å². The highest BCUT2D eigenvalue weighted by Gasteiger charge is 2.18. The van der Waals surface area contributed by atoms with E-state index in [2.05, 4.69) is 25.8 Å². The molecule has 14 heavy (non-hydrogen) atoms. The Morgan fingerprint density at radius 2 is 1.93 bits per heavy atom. The van der Waals surface area contributed by atoms with Crippen molar-refractivity contribution in [2.45, 2.75) is 26.2 Å². The monoisotopic (exact) mass is 191 g/mol. The SMILES string of the molecule is CC(C)(C)c1c[nH]c2ccc(F)cc12. The molecule has 1 aromatic carbocycles. The Kier molecular flexibility index (Phi) is 1.88. The number of H-pyrrole nitrogens is 1. The summed E-state index contributed by atoms with van der Waals surface area (Å²) in [6.07, 6.45) is 1.96. The van der Waals surface area contributed by atoms with Crippen LogP contribution >= 0.6 is 0 Å². The summed E-state index contributed by atoms with van der Waals surface area (Å²) in [7, 11) is 0. The predicted octanol–water partition coefficient (Wildman–Crippen LogP) is 3.60. The van der Waals surface area contributed by atoms with Gasteiger partial charge in [0.2, 0.25) is 0 Å². The molecule has 0 aliphatic rings. The molecule has 74 valence electrons. The van der Waals surface area contributed by atoms with E-state index in [1.165, 1.54) is 6.07 Å². The number of fused-ring (bicyclic) bond motifs is 1. The van der Waals surface area contributed by atoms with Gasteiger partial charge < -0.3 is 4.98 Å². The summed E-state index contributed by atoms with van der Waals surface area (Å²) < 4.78 is 13.1. The average molecular weight is 191 g/mol. The van der Waals surface area contributed by atoms with Gasteiger partial charge in [0.05, 0.1) is 0 Å². The summed E-state index contributed by atoms with van der Waals surface area (Å²) in [4.78, 5) is 3.16. The normalized spacial score (nSPS) is 12.3. The second-order valence-electron chi connectivity index (χ2n) is 4.64. The van der Waals surface area contributed by atoms with E-state index in [-0.39, 0.29) is 11.2 Å². The maximum absolute atomic E-state index is 13.1. The first-order valence-corrected chi connectivity index (χ1v) is 4.75. The van der Waals surface area contributed by atoms with Crippen molar-refractivity contribution in [2.24, 2.45) is 0 Å². The second kappa shape index (κ2) is 2.84. The van der Waals surface area contributed by atoms with Crippen molar-refractivity contribution < 1.29 is 4.39 Å². The van der Waals surface area contributed by atoms with Crippen LogP contribution in [0.3, 0.4) is 0 Å². The standard InChI is InChI=1S/C12H14FN/c1-12(2,3)10-7-14-11-5-4-8(13)6-9(10)11/h4-7,14H,1-3H3. The van der Waals surface area contributed by atoms with E-state index in [1.54, 1.807) is 12.1 Å². The molecule has 0 aliphatic heterocycles. The Balaban J connectivity index is 2.73. The molecule has 2 aromatic rings. The third-order valence-corrected chi connectivity index (χ3v) is 2.45. The fourth-order valence-corrected chi connectivity index (χ4v) is 1.71. The lowest BCUT2D eigenvalue weighted by atomic mass is 9.87. The molecular weight excluding hydrogens is 177 g/mol. The quantitative estimate of drug-likeness (QED) is 0.654. The number of rotatable bonds is 0. The molecule has 0 aliphatic carbocycles. The summed E-state index contributed by atoms with van der Waals surface area (Å²) >= 11 is 0. The Labute approximate surface area is 82.9 Å². The lowest BCUT2D eigenvalue weighted by Gasteiger charge is -2.17. The highest BCUT2D eigenvalue weighted by Crippen LogP contribution is 2.30. The minimum absolute atomic E-state index is 0.0477. The predicted molar refractivity (Wildman–Crippen MR) is 57.0 cm³/mol. The smallest absolute Gasteiger partial charge is 0.123 e. The Morgan fingerprint density at radius 3 is 2.57 bits per heavy atom. The molecular formula is C12H14FN. The Bertz CT molecular complexity index is 463. The van der Waals surface area contributed by atoms with Gasteiger partial charge in [0.25, 0.3) is 0 Å². The van der Waals surface area contributed by atoms with E-state index in [0.717, 1.165) is 16.5 Å². The van der Waals surface area contributed by atoms with Crippen LogP contribution in [0.15, 0.2) is 24.4 Å². The molecule has 0 atom stereocenters. The minimum atomic E-state index is -0.178.